The molecule has 0 N–H and O–H groups in total. The number of thioether (sulfide) groups is 1. The Labute approximate surface area is 189 Å². The van der Waals surface area contributed by atoms with Crippen LogP contribution in [0.4, 0.5) is 0 Å². The number of hydrogen-bond acceptors (Lipinski definition) is 3. The van der Waals surface area contributed by atoms with Crippen LogP contribution in [0.15, 0.2) is 66.7 Å². The molecule has 0 aromatic heterocycles. The molecule has 0 aliphatic carbocycles. The molecule has 0 saturated carbocycles. The Hall–Kier alpha value is -2.53. The predicted octanol–water partition coefficient (Wildman–Crippen LogP) is 4.79. The number of hydrogen-bond donors (Lipinski definition) is 0. The van der Waals surface area contributed by atoms with Crippen molar-refractivity contribution in [2.75, 3.05) is 25.4 Å². The van der Waals surface area contributed by atoms with Crippen LogP contribution < -0.4 is 0 Å². The van der Waals surface area contributed by atoms with Crippen LogP contribution in [0.3, 0.4) is 0 Å². The maximum atomic E-state index is 13.2. The van der Waals surface area contributed by atoms with Gasteiger partial charge in [0.1, 0.15) is 0 Å². The molecule has 5 heteroatoms. The number of nitrogens with zero attached hydrogens (tertiary/aromatic N) is 2. The number of rotatable bonds is 5. The normalized spacial score (nSPS) is 19.1. The number of carbonyl (C=O) groups is 2. The lowest BCUT2D eigenvalue weighted by molar-refractivity contribution is -0.136. The average molecular weight is 435 g/mol. The van der Waals surface area contributed by atoms with Crippen molar-refractivity contribution in [2.24, 2.45) is 0 Å². The summed E-state index contributed by atoms with van der Waals surface area (Å²) in [4.78, 5) is 30.1. The Morgan fingerprint density at radius 2 is 1.65 bits per heavy atom. The van der Waals surface area contributed by atoms with Gasteiger partial charge in [-0.05, 0) is 36.5 Å². The summed E-state index contributed by atoms with van der Waals surface area (Å²) in [5.41, 5.74) is 2.12. The van der Waals surface area contributed by atoms with Gasteiger partial charge in [0, 0.05) is 31.5 Å². The molecule has 2 heterocycles. The fraction of sp³-hybridized carbons (Fsp3) is 0.385. The van der Waals surface area contributed by atoms with Crippen molar-refractivity contribution >= 4 is 29.7 Å². The number of amides is 2. The standard InChI is InChI=1S/C26H30N2O2S/c1-2-23(22-11-7-4-8-12-22)25(30)27-17-15-26(16-18-27)28(19-20-31-26)24(29)14-13-21-9-5-3-6-10-21/h3-14,23H,2,15-20H2,1H3/b14-13+. The largest absolute Gasteiger partial charge is 0.342 e. The highest BCUT2D eigenvalue weighted by Crippen LogP contribution is 2.44. The highest BCUT2D eigenvalue weighted by molar-refractivity contribution is 8.00. The smallest absolute Gasteiger partial charge is 0.247 e. The molecule has 2 amide bonds. The van der Waals surface area contributed by atoms with E-state index in [1.165, 1.54) is 0 Å². The third kappa shape index (κ3) is 4.72. The summed E-state index contributed by atoms with van der Waals surface area (Å²) in [6, 6.07) is 20.0. The van der Waals surface area contributed by atoms with Gasteiger partial charge in [0.25, 0.3) is 0 Å². The van der Waals surface area contributed by atoms with Gasteiger partial charge >= 0.3 is 0 Å². The van der Waals surface area contributed by atoms with Crippen molar-refractivity contribution in [1.29, 1.82) is 0 Å². The minimum atomic E-state index is -0.177. The number of piperidine rings is 1. The molecule has 4 nitrogen and oxygen atoms in total. The van der Waals surface area contributed by atoms with E-state index in [0.717, 1.165) is 42.7 Å². The fourth-order valence-electron chi connectivity index (χ4n) is 4.69. The molecular weight excluding hydrogens is 404 g/mol. The van der Waals surface area contributed by atoms with Gasteiger partial charge in [-0.3, -0.25) is 9.59 Å². The Kier molecular flexibility index (Phi) is 6.81. The van der Waals surface area contributed by atoms with Crippen LogP contribution in [0.2, 0.25) is 0 Å². The quantitative estimate of drug-likeness (QED) is 0.636. The monoisotopic (exact) mass is 434 g/mol. The van der Waals surface area contributed by atoms with E-state index in [1.54, 1.807) is 6.08 Å². The molecule has 2 aromatic carbocycles. The van der Waals surface area contributed by atoms with Crippen LogP contribution in [0.5, 0.6) is 0 Å². The zero-order valence-electron chi connectivity index (χ0n) is 18.1. The molecule has 4 rings (SSSR count). The SMILES string of the molecule is CCC(C(=O)N1CCC2(CC1)SCCN2C(=O)/C=C/c1ccccc1)c1ccccc1. The second-order valence-corrected chi connectivity index (χ2v) is 9.68. The first-order valence-corrected chi connectivity index (χ1v) is 12.1. The molecule has 2 aliphatic rings. The number of likely N-dealkylation sites (tertiary alicyclic amines) is 1. The highest BCUT2D eigenvalue weighted by Gasteiger charge is 2.46. The van der Waals surface area contributed by atoms with Crippen LogP contribution in [-0.2, 0) is 9.59 Å². The van der Waals surface area contributed by atoms with E-state index in [4.69, 9.17) is 0 Å². The van der Waals surface area contributed by atoms with E-state index in [9.17, 15) is 9.59 Å². The molecular formula is C26H30N2O2S. The summed E-state index contributed by atoms with van der Waals surface area (Å²) < 4.78 is 0. The minimum Gasteiger partial charge on any atom is -0.342 e. The lowest BCUT2D eigenvalue weighted by atomic mass is 9.93. The molecule has 0 bridgehead atoms. The Morgan fingerprint density at radius 1 is 1.00 bits per heavy atom. The zero-order valence-corrected chi connectivity index (χ0v) is 18.9. The van der Waals surface area contributed by atoms with E-state index in [-0.39, 0.29) is 22.6 Å². The topological polar surface area (TPSA) is 40.6 Å². The molecule has 1 unspecified atom stereocenters. The first kappa shape index (κ1) is 21.7. The summed E-state index contributed by atoms with van der Waals surface area (Å²) in [6.45, 7) is 4.27. The van der Waals surface area contributed by atoms with Gasteiger partial charge in [0.2, 0.25) is 11.8 Å². The van der Waals surface area contributed by atoms with Crippen molar-refractivity contribution < 1.29 is 9.59 Å². The fourth-order valence-corrected chi connectivity index (χ4v) is 6.15. The zero-order chi connectivity index (χ0) is 21.7. The van der Waals surface area contributed by atoms with Crippen LogP contribution in [-0.4, -0.2) is 51.9 Å². The highest BCUT2D eigenvalue weighted by atomic mass is 32.2. The average Bonchev–Trinajstić information content (AvgIpc) is 3.22. The second kappa shape index (κ2) is 9.73. The molecule has 31 heavy (non-hydrogen) atoms. The summed E-state index contributed by atoms with van der Waals surface area (Å²) in [7, 11) is 0. The minimum absolute atomic E-state index is 0.0735. The number of carbonyl (C=O) groups excluding carboxylic acids is 2. The van der Waals surface area contributed by atoms with E-state index in [0.29, 0.717) is 13.1 Å². The van der Waals surface area contributed by atoms with Crippen molar-refractivity contribution in [3.63, 3.8) is 0 Å². The molecule has 2 fully saturated rings. The van der Waals surface area contributed by atoms with Crippen LogP contribution in [0, 0.1) is 0 Å². The predicted molar refractivity (Wildman–Crippen MR) is 128 cm³/mol. The van der Waals surface area contributed by atoms with E-state index < -0.39 is 0 Å². The molecule has 1 spiro atoms. The molecule has 2 aliphatic heterocycles. The van der Waals surface area contributed by atoms with Crippen LogP contribution in [0.1, 0.15) is 43.2 Å². The maximum absolute atomic E-state index is 13.2. The summed E-state index contributed by atoms with van der Waals surface area (Å²) in [5.74, 6) is 1.16. The molecule has 2 aromatic rings. The van der Waals surface area contributed by atoms with E-state index in [2.05, 4.69) is 6.92 Å². The van der Waals surface area contributed by atoms with Crippen LogP contribution in [0.25, 0.3) is 6.08 Å². The first-order chi connectivity index (χ1) is 15.1. The summed E-state index contributed by atoms with van der Waals surface area (Å²) in [5, 5.41) is 0. The van der Waals surface area contributed by atoms with Gasteiger partial charge < -0.3 is 9.80 Å². The number of benzene rings is 2. The Bertz CT molecular complexity index is 921. The van der Waals surface area contributed by atoms with E-state index >= 15 is 0 Å². The third-order valence-electron chi connectivity index (χ3n) is 6.43. The van der Waals surface area contributed by atoms with Crippen LogP contribution >= 0.6 is 11.8 Å². The summed E-state index contributed by atoms with van der Waals surface area (Å²) >= 11 is 1.88. The van der Waals surface area contributed by atoms with E-state index in [1.807, 2.05) is 88.3 Å². The van der Waals surface area contributed by atoms with Gasteiger partial charge in [0.05, 0.1) is 10.8 Å². The van der Waals surface area contributed by atoms with Crippen molar-refractivity contribution in [2.45, 2.75) is 37.0 Å². The van der Waals surface area contributed by atoms with Gasteiger partial charge in [-0.15, -0.1) is 11.8 Å². The molecule has 1 atom stereocenters. The summed E-state index contributed by atoms with van der Waals surface area (Å²) in [6.07, 6.45) is 6.06. The lowest BCUT2D eigenvalue weighted by Crippen LogP contribution is -2.53. The first-order valence-electron chi connectivity index (χ1n) is 11.2. The maximum Gasteiger partial charge on any atom is 0.247 e. The Morgan fingerprint density at radius 3 is 2.29 bits per heavy atom. The van der Waals surface area contributed by atoms with Gasteiger partial charge in [-0.1, -0.05) is 67.6 Å². The third-order valence-corrected chi connectivity index (χ3v) is 7.98. The molecule has 2 saturated heterocycles. The molecule has 0 radical (unpaired) electrons. The van der Waals surface area contributed by atoms with Gasteiger partial charge in [0.15, 0.2) is 0 Å². The lowest BCUT2D eigenvalue weighted by Gasteiger charge is -2.44. The van der Waals surface area contributed by atoms with Crippen molar-refractivity contribution in [3.8, 4) is 0 Å². The van der Waals surface area contributed by atoms with Gasteiger partial charge in [-0.2, -0.15) is 0 Å². The Balaban J connectivity index is 1.41. The van der Waals surface area contributed by atoms with Crippen molar-refractivity contribution in [3.05, 3.63) is 77.9 Å². The van der Waals surface area contributed by atoms with Crippen molar-refractivity contribution in [1.82, 2.24) is 9.80 Å². The molecule has 162 valence electrons. The second-order valence-electron chi connectivity index (χ2n) is 8.23. The van der Waals surface area contributed by atoms with Gasteiger partial charge in [-0.25, -0.2) is 0 Å².